The van der Waals surface area contributed by atoms with E-state index in [1.807, 2.05) is 4.90 Å². The lowest BCUT2D eigenvalue weighted by Gasteiger charge is -2.23. The Balaban J connectivity index is 1.60. The summed E-state index contributed by atoms with van der Waals surface area (Å²) in [5.41, 5.74) is -0.0801. The van der Waals surface area contributed by atoms with Gasteiger partial charge in [-0.3, -0.25) is 9.59 Å². The number of hydrogen-bond acceptors (Lipinski definition) is 5. The van der Waals surface area contributed by atoms with E-state index in [9.17, 15) is 9.59 Å². The van der Waals surface area contributed by atoms with E-state index < -0.39 is 0 Å². The number of likely N-dealkylation sites (tertiary alicyclic amines) is 1. The van der Waals surface area contributed by atoms with E-state index in [1.165, 1.54) is 24.2 Å². The van der Waals surface area contributed by atoms with Crippen LogP contribution in [0.5, 0.6) is 0 Å². The molecule has 3 rings (SSSR count). The first-order chi connectivity index (χ1) is 10.8. The Morgan fingerprint density at radius 1 is 1.26 bits per heavy atom. The molecule has 2 heterocycles. The average Bonchev–Trinajstić information content (AvgIpc) is 3.16. The SMILES string of the molecule is CC(C)(C)c1nnc(NC(=O)[C@@H]2CC(=O)N(C3CCCC3)C2)s1. The van der Waals surface area contributed by atoms with Gasteiger partial charge in [0, 0.05) is 24.4 Å². The zero-order valence-electron chi connectivity index (χ0n) is 14.0. The monoisotopic (exact) mass is 336 g/mol. The molecule has 7 heteroatoms. The van der Waals surface area contributed by atoms with Crippen LogP contribution in [0, 0.1) is 5.92 Å². The van der Waals surface area contributed by atoms with Crippen LogP contribution in [0.2, 0.25) is 0 Å². The predicted molar refractivity (Wildman–Crippen MR) is 89.3 cm³/mol. The number of hydrogen-bond donors (Lipinski definition) is 1. The van der Waals surface area contributed by atoms with Gasteiger partial charge < -0.3 is 10.2 Å². The molecule has 1 saturated carbocycles. The van der Waals surface area contributed by atoms with Crippen LogP contribution in [0.15, 0.2) is 0 Å². The summed E-state index contributed by atoms with van der Waals surface area (Å²) < 4.78 is 0. The van der Waals surface area contributed by atoms with Gasteiger partial charge in [-0.1, -0.05) is 44.9 Å². The standard InChI is InChI=1S/C16H24N4O2S/c1-16(2,3)14-18-19-15(23-14)17-13(22)10-8-12(21)20(9-10)11-6-4-5-7-11/h10-11H,4-9H2,1-3H3,(H,17,19,22)/t10-/m1/s1. The molecule has 126 valence electrons. The molecule has 1 N–H and O–H groups in total. The lowest BCUT2D eigenvalue weighted by Crippen LogP contribution is -2.35. The molecule has 2 amide bonds. The summed E-state index contributed by atoms with van der Waals surface area (Å²) in [4.78, 5) is 26.5. The lowest BCUT2D eigenvalue weighted by atomic mass is 9.98. The van der Waals surface area contributed by atoms with E-state index in [-0.39, 0.29) is 23.1 Å². The van der Waals surface area contributed by atoms with Crippen LogP contribution in [0.4, 0.5) is 5.13 Å². The molecule has 2 aliphatic rings. The Labute approximate surface area is 140 Å². The molecule has 1 atom stereocenters. The van der Waals surface area contributed by atoms with Crippen molar-refractivity contribution in [2.24, 2.45) is 5.92 Å². The highest BCUT2D eigenvalue weighted by atomic mass is 32.1. The maximum absolute atomic E-state index is 12.4. The normalized spacial score (nSPS) is 22.8. The van der Waals surface area contributed by atoms with Crippen molar-refractivity contribution < 1.29 is 9.59 Å². The quantitative estimate of drug-likeness (QED) is 0.920. The molecule has 23 heavy (non-hydrogen) atoms. The van der Waals surface area contributed by atoms with Crippen LogP contribution in [-0.2, 0) is 15.0 Å². The maximum Gasteiger partial charge on any atom is 0.231 e. The molecule has 2 fully saturated rings. The van der Waals surface area contributed by atoms with E-state index >= 15 is 0 Å². The second kappa shape index (κ2) is 6.19. The summed E-state index contributed by atoms with van der Waals surface area (Å²) in [6.45, 7) is 6.73. The summed E-state index contributed by atoms with van der Waals surface area (Å²) >= 11 is 1.40. The molecule has 0 unspecified atom stereocenters. The molecule has 0 aromatic carbocycles. The Morgan fingerprint density at radius 2 is 1.96 bits per heavy atom. The van der Waals surface area contributed by atoms with Crippen molar-refractivity contribution in [3.8, 4) is 0 Å². The largest absolute Gasteiger partial charge is 0.339 e. The second-order valence-corrected chi connectivity index (χ2v) is 8.51. The Bertz CT molecular complexity index is 601. The van der Waals surface area contributed by atoms with Gasteiger partial charge in [-0.25, -0.2) is 0 Å². The zero-order valence-corrected chi connectivity index (χ0v) is 14.8. The van der Waals surface area contributed by atoms with Gasteiger partial charge in [-0.15, -0.1) is 10.2 Å². The van der Waals surface area contributed by atoms with Crippen LogP contribution < -0.4 is 5.32 Å². The molecule has 1 aromatic rings. The van der Waals surface area contributed by atoms with Crippen molar-refractivity contribution in [3.05, 3.63) is 5.01 Å². The fourth-order valence-electron chi connectivity index (χ4n) is 3.26. The molecule has 1 aliphatic heterocycles. The first-order valence-corrected chi connectivity index (χ1v) is 9.10. The summed E-state index contributed by atoms with van der Waals surface area (Å²) in [7, 11) is 0. The van der Waals surface area contributed by atoms with Gasteiger partial charge in [-0.05, 0) is 12.8 Å². The van der Waals surface area contributed by atoms with Gasteiger partial charge in [0.25, 0.3) is 0 Å². The molecule has 6 nitrogen and oxygen atoms in total. The number of amides is 2. The summed E-state index contributed by atoms with van der Waals surface area (Å²) in [5, 5.41) is 12.4. The Kier molecular flexibility index (Phi) is 4.40. The third-order valence-corrected chi connectivity index (χ3v) is 5.86. The van der Waals surface area contributed by atoms with Gasteiger partial charge in [0.1, 0.15) is 5.01 Å². The Morgan fingerprint density at radius 3 is 2.57 bits per heavy atom. The van der Waals surface area contributed by atoms with E-state index in [2.05, 4.69) is 36.3 Å². The van der Waals surface area contributed by atoms with Crippen LogP contribution in [0.25, 0.3) is 0 Å². The third-order valence-electron chi connectivity index (χ3n) is 4.59. The van der Waals surface area contributed by atoms with E-state index in [0.29, 0.717) is 24.1 Å². The molecular weight excluding hydrogens is 312 g/mol. The van der Waals surface area contributed by atoms with E-state index in [1.54, 1.807) is 0 Å². The van der Waals surface area contributed by atoms with Crippen LogP contribution in [-0.4, -0.2) is 39.5 Å². The maximum atomic E-state index is 12.4. The zero-order chi connectivity index (χ0) is 16.6. The number of carbonyl (C=O) groups excluding carboxylic acids is 2. The molecule has 1 aliphatic carbocycles. The number of anilines is 1. The van der Waals surface area contributed by atoms with Gasteiger partial charge in [0.15, 0.2) is 0 Å². The fraction of sp³-hybridized carbons (Fsp3) is 0.750. The summed E-state index contributed by atoms with van der Waals surface area (Å²) in [5.74, 6) is -0.273. The number of carbonyl (C=O) groups is 2. The molecule has 0 bridgehead atoms. The highest BCUT2D eigenvalue weighted by Crippen LogP contribution is 2.31. The average molecular weight is 336 g/mol. The van der Waals surface area contributed by atoms with Crippen molar-refractivity contribution in [1.29, 1.82) is 0 Å². The minimum atomic E-state index is -0.273. The van der Waals surface area contributed by atoms with Crippen LogP contribution in [0.1, 0.15) is 57.9 Å². The molecule has 0 radical (unpaired) electrons. The lowest BCUT2D eigenvalue weighted by molar-refractivity contribution is -0.129. The van der Waals surface area contributed by atoms with Crippen LogP contribution >= 0.6 is 11.3 Å². The molecule has 1 saturated heterocycles. The van der Waals surface area contributed by atoms with Gasteiger partial charge in [0.2, 0.25) is 16.9 Å². The molecule has 1 aromatic heterocycles. The number of nitrogens with zero attached hydrogens (tertiary/aromatic N) is 3. The van der Waals surface area contributed by atoms with Gasteiger partial charge >= 0.3 is 0 Å². The van der Waals surface area contributed by atoms with E-state index in [4.69, 9.17) is 0 Å². The van der Waals surface area contributed by atoms with Crippen molar-refractivity contribution in [1.82, 2.24) is 15.1 Å². The van der Waals surface area contributed by atoms with Gasteiger partial charge in [0.05, 0.1) is 5.92 Å². The van der Waals surface area contributed by atoms with E-state index in [0.717, 1.165) is 17.8 Å². The number of nitrogens with one attached hydrogen (secondary N) is 1. The van der Waals surface area contributed by atoms with Crippen LogP contribution in [0.3, 0.4) is 0 Å². The highest BCUT2D eigenvalue weighted by molar-refractivity contribution is 7.15. The summed E-state index contributed by atoms with van der Waals surface area (Å²) in [6.07, 6.45) is 4.83. The minimum absolute atomic E-state index is 0.0801. The summed E-state index contributed by atoms with van der Waals surface area (Å²) in [6, 6.07) is 0.342. The smallest absolute Gasteiger partial charge is 0.231 e. The second-order valence-electron chi connectivity index (χ2n) is 7.54. The van der Waals surface area contributed by atoms with Crippen molar-refractivity contribution >= 4 is 28.3 Å². The first kappa shape index (κ1) is 16.4. The predicted octanol–water partition coefficient (Wildman–Crippen LogP) is 2.57. The van der Waals surface area contributed by atoms with Crippen molar-refractivity contribution in [3.63, 3.8) is 0 Å². The minimum Gasteiger partial charge on any atom is -0.339 e. The number of aromatic nitrogens is 2. The van der Waals surface area contributed by atoms with Gasteiger partial charge in [-0.2, -0.15) is 0 Å². The fourth-order valence-corrected chi connectivity index (χ4v) is 4.06. The van der Waals surface area contributed by atoms with Crippen molar-refractivity contribution in [2.45, 2.75) is 64.3 Å². The van der Waals surface area contributed by atoms with Crippen molar-refractivity contribution in [2.75, 3.05) is 11.9 Å². The molecule has 0 spiro atoms. The highest BCUT2D eigenvalue weighted by Gasteiger charge is 2.38. The molecular formula is C16H24N4O2S. The third kappa shape index (κ3) is 3.54. The Hall–Kier alpha value is -1.50. The first-order valence-electron chi connectivity index (χ1n) is 8.29. The number of rotatable bonds is 3. The topological polar surface area (TPSA) is 75.2 Å².